The number of amides is 1. The van der Waals surface area contributed by atoms with Crippen molar-refractivity contribution in [3.63, 3.8) is 0 Å². The quantitative estimate of drug-likeness (QED) is 0.591. The van der Waals surface area contributed by atoms with E-state index in [1.165, 1.54) is 16.6 Å². The van der Waals surface area contributed by atoms with Gasteiger partial charge in [0, 0.05) is 18.0 Å². The maximum atomic E-state index is 13.2. The van der Waals surface area contributed by atoms with E-state index in [9.17, 15) is 4.79 Å². The molecule has 3 heterocycles. The third-order valence-corrected chi connectivity index (χ3v) is 6.33. The van der Waals surface area contributed by atoms with E-state index in [0.717, 1.165) is 5.56 Å². The second-order valence-electron chi connectivity index (χ2n) is 6.04. The van der Waals surface area contributed by atoms with Gasteiger partial charge >= 0.3 is 0 Å². The van der Waals surface area contributed by atoms with Gasteiger partial charge in [0.1, 0.15) is 5.25 Å². The molecule has 0 aliphatic carbocycles. The number of morpholine rings is 1. The zero-order chi connectivity index (χ0) is 18.5. The van der Waals surface area contributed by atoms with E-state index >= 15 is 0 Å². The number of hydrogen-bond acceptors (Lipinski definition) is 7. The Morgan fingerprint density at radius 2 is 2.00 bits per heavy atom. The summed E-state index contributed by atoms with van der Waals surface area (Å²) in [6.45, 7) is 2.98. The van der Waals surface area contributed by atoms with Gasteiger partial charge in [-0.2, -0.15) is 0 Å². The second kappa shape index (κ2) is 8.64. The maximum Gasteiger partial charge on any atom is 0.240 e. The molecule has 140 valence electrons. The molecule has 0 unspecified atom stereocenters. The molecule has 1 atom stereocenters. The molecule has 9 heteroatoms. The molecular weight excluding hydrogens is 382 g/mol. The Morgan fingerprint density at radius 3 is 2.74 bits per heavy atom. The largest absolute Gasteiger partial charge is 0.378 e. The molecule has 4 rings (SSSR count). The van der Waals surface area contributed by atoms with Gasteiger partial charge < -0.3 is 9.64 Å². The van der Waals surface area contributed by atoms with Crippen molar-refractivity contribution in [2.75, 3.05) is 26.3 Å². The number of tetrazole rings is 1. The van der Waals surface area contributed by atoms with Crippen LogP contribution in [-0.2, 0) is 16.1 Å². The summed E-state index contributed by atoms with van der Waals surface area (Å²) in [5.41, 5.74) is 0.949. The van der Waals surface area contributed by atoms with Crippen LogP contribution in [0.15, 0.2) is 53.0 Å². The molecule has 0 spiro atoms. The lowest BCUT2D eigenvalue weighted by molar-refractivity contribution is -0.134. The molecule has 0 saturated carbocycles. The van der Waals surface area contributed by atoms with E-state index in [1.807, 2.05) is 52.7 Å². The average Bonchev–Trinajstić information content (AvgIpc) is 3.39. The monoisotopic (exact) mass is 401 g/mol. The van der Waals surface area contributed by atoms with Gasteiger partial charge in [-0.3, -0.25) is 4.79 Å². The highest BCUT2D eigenvalue weighted by Crippen LogP contribution is 2.36. The summed E-state index contributed by atoms with van der Waals surface area (Å²) in [4.78, 5) is 16.3. The summed E-state index contributed by atoms with van der Waals surface area (Å²) in [7, 11) is 0. The second-order valence-corrected chi connectivity index (χ2v) is 8.15. The standard InChI is InChI=1S/C18H19N5O2S2/c24-17(22-8-10-25-11-9-22)16(14-5-2-1-3-6-14)27-18-19-20-21-23(18)13-15-7-4-12-26-15/h1-7,12,16H,8-11,13H2/t16-/m1/s1. The van der Waals surface area contributed by atoms with Crippen molar-refractivity contribution in [3.05, 3.63) is 58.3 Å². The lowest BCUT2D eigenvalue weighted by atomic mass is 10.1. The fourth-order valence-electron chi connectivity index (χ4n) is 2.87. The number of carbonyl (C=O) groups excluding carboxylic acids is 1. The number of benzene rings is 1. The first kappa shape index (κ1) is 18.1. The van der Waals surface area contributed by atoms with Crippen LogP contribution in [-0.4, -0.2) is 57.3 Å². The van der Waals surface area contributed by atoms with Crippen LogP contribution in [0.1, 0.15) is 15.7 Å². The minimum atomic E-state index is -0.391. The number of hydrogen-bond donors (Lipinski definition) is 0. The number of thioether (sulfide) groups is 1. The topological polar surface area (TPSA) is 73.1 Å². The van der Waals surface area contributed by atoms with E-state index in [1.54, 1.807) is 16.0 Å². The predicted octanol–water partition coefficient (Wildman–Crippen LogP) is 2.48. The summed E-state index contributed by atoms with van der Waals surface area (Å²) in [6.07, 6.45) is 0. The number of thiophene rings is 1. The summed E-state index contributed by atoms with van der Waals surface area (Å²) < 4.78 is 7.13. The van der Waals surface area contributed by atoms with Crippen molar-refractivity contribution in [1.82, 2.24) is 25.1 Å². The summed E-state index contributed by atoms with van der Waals surface area (Å²) >= 11 is 3.06. The third-order valence-electron chi connectivity index (χ3n) is 4.26. The van der Waals surface area contributed by atoms with Crippen molar-refractivity contribution in [2.24, 2.45) is 0 Å². The maximum absolute atomic E-state index is 13.2. The van der Waals surface area contributed by atoms with Crippen LogP contribution in [0, 0.1) is 0 Å². The molecule has 3 aromatic rings. The zero-order valence-electron chi connectivity index (χ0n) is 14.6. The molecule has 1 aromatic carbocycles. The molecule has 7 nitrogen and oxygen atoms in total. The number of rotatable bonds is 6. The van der Waals surface area contributed by atoms with Gasteiger partial charge in [0.15, 0.2) is 0 Å². The summed E-state index contributed by atoms with van der Waals surface area (Å²) in [5.74, 6) is 0.0696. The first-order valence-electron chi connectivity index (χ1n) is 8.68. The third kappa shape index (κ3) is 4.37. The number of ether oxygens (including phenoxy) is 1. The lowest BCUT2D eigenvalue weighted by Gasteiger charge is -2.30. The van der Waals surface area contributed by atoms with Crippen molar-refractivity contribution in [1.29, 1.82) is 0 Å². The fraction of sp³-hybridized carbons (Fsp3) is 0.333. The number of nitrogens with zero attached hydrogens (tertiary/aromatic N) is 5. The Balaban J connectivity index is 1.58. The van der Waals surface area contributed by atoms with E-state index in [-0.39, 0.29) is 5.91 Å². The Bertz CT molecular complexity index is 863. The molecule has 0 bridgehead atoms. The minimum absolute atomic E-state index is 0.0696. The smallest absolute Gasteiger partial charge is 0.240 e. The highest BCUT2D eigenvalue weighted by Gasteiger charge is 2.30. The van der Waals surface area contributed by atoms with Gasteiger partial charge in [-0.25, -0.2) is 4.68 Å². The van der Waals surface area contributed by atoms with Crippen molar-refractivity contribution in [3.8, 4) is 0 Å². The van der Waals surface area contributed by atoms with E-state index in [0.29, 0.717) is 38.0 Å². The van der Waals surface area contributed by atoms with Crippen molar-refractivity contribution in [2.45, 2.75) is 17.0 Å². The first-order chi connectivity index (χ1) is 13.3. The van der Waals surface area contributed by atoms with Crippen LogP contribution in [0.25, 0.3) is 0 Å². The van der Waals surface area contributed by atoms with E-state index in [4.69, 9.17) is 4.74 Å². The van der Waals surface area contributed by atoms with Crippen LogP contribution in [0.4, 0.5) is 0 Å². The molecule has 1 amide bonds. The highest BCUT2D eigenvalue weighted by molar-refractivity contribution is 8.00. The van der Waals surface area contributed by atoms with E-state index in [2.05, 4.69) is 15.5 Å². The van der Waals surface area contributed by atoms with Crippen LogP contribution in [0.3, 0.4) is 0 Å². The van der Waals surface area contributed by atoms with Crippen LogP contribution in [0.5, 0.6) is 0 Å². The zero-order valence-corrected chi connectivity index (χ0v) is 16.2. The van der Waals surface area contributed by atoms with Gasteiger partial charge in [0.25, 0.3) is 0 Å². The summed E-state index contributed by atoms with van der Waals surface area (Å²) in [5, 5.41) is 14.4. The molecule has 1 fully saturated rings. The van der Waals surface area contributed by atoms with Gasteiger partial charge in [0.2, 0.25) is 11.1 Å². The molecule has 1 aliphatic rings. The minimum Gasteiger partial charge on any atom is -0.378 e. The van der Waals surface area contributed by atoms with Crippen LogP contribution >= 0.6 is 23.1 Å². The Labute approximate surface area is 165 Å². The molecule has 1 aliphatic heterocycles. The van der Waals surface area contributed by atoms with Gasteiger partial charge in [-0.15, -0.1) is 16.4 Å². The molecule has 0 radical (unpaired) electrons. The normalized spacial score (nSPS) is 15.6. The molecule has 27 heavy (non-hydrogen) atoms. The Morgan fingerprint density at radius 1 is 1.19 bits per heavy atom. The number of carbonyl (C=O) groups is 1. The number of aromatic nitrogens is 4. The van der Waals surface area contributed by atoms with Gasteiger partial charge in [-0.1, -0.05) is 48.2 Å². The summed E-state index contributed by atoms with van der Waals surface area (Å²) in [6, 6.07) is 13.9. The molecular formula is C18H19N5O2S2. The van der Waals surface area contributed by atoms with Crippen molar-refractivity contribution >= 4 is 29.0 Å². The molecule has 2 aromatic heterocycles. The van der Waals surface area contributed by atoms with Crippen molar-refractivity contribution < 1.29 is 9.53 Å². The van der Waals surface area contributed by atoms with Crippen LogP contribution < -0.4 is 0 Å². The molecule has 1 saturated heterocycles. The van der Waals surface area contributed by atoms with Crippen LogP contribution in [0.2, 0.25) is 0 Å². The molecule has 0 N–H and O–H groups in total. The predicted molar refractivity (Wildman–Crippen MR) is 104 cm³/mol. The fourth-order valence-corrected chi connectivity index (χ4v) is 4.62. The highest BCUT2D eigenvalue weighted by atomic mass is 32.2. The SMILES string of the molecule is O=C([C@H](Sc1nnnn1Cc1cccs1)c1ccccc1)N1CCOCC1. The van der Waals surface area contributed by atoms with Gasteiger partial charge in [-0.05, 0) is 27.4 Å². The lowest BCUT2D eigenvalue weighted by Crippen LogP contribution is -2.42. The van der Waals surface area contributed by atoms with Gasteiger partial charge in [0.05, 0.1) is 19.8 Å². The first-order valence-corrected chi connectivity index (χ1v) is 10.4. The Kier molecular flexibility index (Phi) is 5.81. The van der Waals surface area contributed by atoms with E-state index < -0.39 is 5.25 Å². The average molecular weight is 402 g/mol. The Hall–Kier alpha value is -2.23.